The number of nitrogens with zero attached hydrogens (tertiary/aromatic N) is 2. The van der Waals surface area contributed by atoms with Gasteiger partial charge in [0.05, 0.1) is 7.11 Å². The average Bonchev–Trinajstić information content (AvgIpc) is 3.45. The lowest BCUT2D eigenvalue weighted by Gasteiger charge is -2.36. The van der Waals surface area contributed by atoms with Crippen molar-refractivity contribution in [1.29, 1.82) is 0 Å². The molecule has 1 fully saturated rings. The molecular formula is C24H23BrClN3O3. The molecule has 2 heterocycles. The van der Waals surface area contributed by atoms with E-state index in [9.17, 15) is 9.59 Å². The van der Waals surface area contributed by atoms with Crippen molar-refractivity contribution in [2.24, 2.45) is 0 Å². The normalized spacial score (nSPS) is 17.9. The van der Waals surface area contributed by atoms with Gasteiger partial charge in [-0.25, -0.2) is 9.59 Å². The van der Waals surface area contributed by atoms with Crippen LogP contribution in [0.3, 0.4) is 0 Å². The number of likely N-dealkylation sites (tertiary alicyclic amines) is 1. The van der Waals surface area contributed by atoms with Gasteiger partial charge < -0.3 is 19.5 Å². The molecule has 1 aliphatic rings. The van der Waals surface area contributed by atoms with Gasteiger partial charge >= 0.3 is 12.0 Å². The number of esters is 1. The first-order valence-electron chi connectivity index (χ1n) is 10.3. The summed E-state index contributed by atoms with van der Waals surface area (Å²) in [7, 11) is 1.36. The molecular weight excluding hydrogens is 494 g/mol. The SMILES string of the molecule is COC(=O)[C@]1(Cc2ccc(Br)cc2)CCCN1C(=O)Nc1cc(Cl)cc(-n2cccc2)c1. The highest BCUT2D eigenvalue weighted by molar-refractivity contribution is 9.10. The van der Waals surface area contributed by atoms with E-state index in [1.807, 2.05) is 65.5 Å². The first-order chi connectivity index (χ1) is 15.4. The van der Waals surface area contributed by atoms with E-state index in [4.69, 9.17) is 16.3 Å². The zero-order valence-electron chi connectivity index (χ0n) is 17.6. The van der Waals surface area contributed by atoms with Crippen LogP contribution in [0.4, 0.5) is 10.5 Å². The maximum Gasteiger partial charge on any atom is 0.332 e. The number of carbonyl (C=O) groups is 2. The number of rotatable bonds is 5. The number of methoxy groups -OCH3 is 1. The van der Waals surface area contributed by atoms with E-state index in [-0.39, 0.29) is 6.03 Å². The molecule has 0 saturated carbocycles. The third kappa shape index (κ3) is 4.54. The topological polar surface area (TPSA) is 63.6 Å². The van der Waals surface area contributed by atoms with Crippen molar-refractivity contribution in [3.8, 4) is 5.69 Å². The lowest BCUT2D eigenvalue weighted by molar-refractivity contribution is -0.151. The molecule has 0 unspecified atom stereocenters. The largest absolute Gasteiger partial charge is 0.467 e. The number of carbonyl (C=O) groups excluding carboxylic acids is 2. The molecule has 0 aliphatic carbocycles. The van der Waals surface area contributed by atoms with Gasteiger partial charge in [-0.15, -0.1) is 0 Å². The smallest absolute Gasteiger partial charge is 0.332 e. The van der Waals surface area contributed by atoms with E-state index in [1.54, 1.807) is 11.0 Å². The van der Waals surface area contributed by atoms with Crippen molar-refractivity contribution < 1.29 is 14.3 Å². The number of halogens is 2. The number of benzene rings is 2. The van der Waals surface area contributed by atoms with E-state index in [0.29, 0.717) is 36.5 Å². The Hall–Kier alpha value is -2.77. The van der Waals surface area contributed by atoms with Crippen LogP contribution in [-0.2, 0) is 16.0 Å². The number of hydrogen-bond acceptors (Lipinski definition) is 3. The van der Waals surface area contributed by atoms with Crippen molar-refractivity contribution in [3.63, 3.8) is 0 Å². The Morgan fingerprint density at radius 3 is 2.56 bits per heavy atom. The second-order valence-corrected chi connectivity index (χ2v) is 9.15. The summed E-state index contributed by atoms with van der Waals surface area (Å²) >= 11 is 9.74. The number of aromatic nitrogens is 1. The highest BCUT2D eigenvalue weighted by Gasteiger charge is 2.50. The molecule has 2 aromatic carbocycles. The van der Waals surface area contributed by atoms with Gasteiger partial charge in [-0.2, -0.15) is 0 Å². The van der Waals surface area contributed by atoms with Gasteiger partial charge in [0.15, 0.2) is 0 Å². The maximum absolute atomic E-state index is 13.4. The molecule has 0 bridgehead atoms. The van der Waals surface area contributed by atoms with Gasteiger partial charge in [-0.05, 0) is 60.9 Å². The lowest BCUT2D eigenvalue weighted by Crippen LogP contribution is -2.56. The summed E-state index contributed by atoms with van der Waals surface area (Å²) in [5.74, 6) is -0.410. The fourth-order valence-electron chi connectivity index (χ4n) is 4.27. The highest BCUT2D eigenvalue weighted by atomic mass is 79.9. The number of hydrogen-bond donors (Lipinski definition) is 1. The first-order valence-corrected chi connectivity index (χ1v) is 11.4. The summed E-state index contributed by atoms with van der Waals surface area (Å²) in [5, 5.41) is 3.43. The van der Waals surface area contributed by atoms with Crippen molar-refractivity contribution in [2.75, 3.05) is 19.0 Å². The van der Waals surface area contributed by atoms with Gasteiger partial charge in [0.2, 0.25) is 0 Å². The summed E-state index contributed by atoms with van der Waals surface area (Å²) in [5.41, 5.74) is 1.28. The molecule has 8 heteroatoms. The molecule has 166 valence electrons. The van der Waals surface area contributed by atoms with Crippen LogP contribution in [0.2, 0.25) is 5.02 Å². The van der Waals surface area contributed by atoms with E-state index < -0.39 is 11.5 Å². The van der Waals surface area contributed by atoms with Gasteiger partial charge in [-0.1, -0.05) is 39.7 Å². The van der Waals surface area contributed by atoms with Crippen LogP contribution in [0.1, 0.15) is 18.4 Å². The van der Waals surface area contributed by atoms with Gasteiger partial charge in [0.1, 0.15) is 5.54 Å². The lowest BCUT2D eigenvalue weighted by atomic mass is 9.88. The Labute approximate surface area is 200 Å². The zero-order chi connectivity index (χ0) is 22.7. The molecule has 1 saturated heterocycles. The summed E-state index contributed by atoms with van der Waals surface area (Å²) in [4.78, 5) is 27.9. The third-order valence-corrected chi connectivity index (χ3v) is 6.49. The molecule has 4 rings (SSSR count). The third-order valence-electron chi connectivity index (χ3n) is 5.75. The van der Waals surface area contributed by atoms with Crippen molar-refractivity contribution in [3.05, 3.63) is 82.0 Å². The molecule has 0 spiro atoms. The first kappa shape index (κ1) is 22.4. The standard InChI is InChI=1S/C24H23BrClN3O3/c1-32-22(30)24(16-17-5-7-18(25)8-6-17)9-4-12-29(24)23(31)27-20-13-19(26)14-21(15-20)28-10-2-3-11-28/h2-3,5-8,10-11,13-15H,4,9,12,16H2,1H3,(H,27,31)/t24-/m1/s1. The molecule has 1 aromatic heterocycles. The molecule has 0 radical (unpaired) electrons. The second-order valence-electron chi connectivity index (χ2n) is 7.80. The summed E-state index contributed by atoms with van der Waals surface area (Å²) < 4.78 is 8.02. The molecule has 3 aromatic rings. The quantitative estimate of drug-likeness (QED) is 0.444. The molecule has 1 atom stereocenters. The predicted octanol–water partition coefficient (Wildman–Crippen LogP) is 5.68. The number of amides is 2. The molecule has 1 aliphatic heterocycles. The molecule has 32 heavy (non-hydrogen) atoms. The zero-order valence-corrected chi connectivity index (χ0v) is 19.9. The summed E-state index contributed by atoms with van der Waals surface area (Å²) in [6.45, 7) is 0.461. The second kappa shape index (κ2) is 9.38. The highest BCUT2D eigenvalue weighted by Crippen LogP contribution is 2.35. The Bertz CT molecular complexity index is 1120. The number of ether oxygens (including phenoxy) is 1. The van der Waals surface area contributed by atoms with E-state index in [2.05, 4.69) is 21.2 Å². The minimum atomic E-state index is -1.06. The minimum absolute atomic E-state index is 0.356. The van der Waals surface area contributed by atoms with Crippen LogP contribution in [0.25, 0.3) is 5.69 Å². The number of urea groups is 1. The minimum Gasteiger partial charge on any atom is -0.467 e. The fourth-order valence-corrected chi connectivity index (χ4v) is 4.76. The van der Waals surface area contributed by atoms with E-state index >= 15 is 0 Å². The van der Waals surface area contributed by atoms with Crippen LogP contribution < -0.4 is 5.32 Å². The molecule has 6 nitrogen and oxygen atoms in total. The fraction of sp³-hybridized carbons (Fsp3) is 0.250. The van der Waals surface area contributed by atoms with Crippen LogP contribution >= 0.6 is 27.5 Å². The Balaban J connectivity index is 1.61. The van der Waals surface area contributed by atoms with Crippen molar-refractivity contribution in [1.82, 2.24) is 9.47 Å². The van der Waals surface area contributed by atoms with Crippen LogP contribution in [-0.4, -0.2) is 40.7 Å². The maximum atomic E-state index is 13.4. The Kier molecular flexibility index (Phi) is 6.58. The van der Waals surface area contributed by atoms with Crippen LogP contribution in [0.5, 0.6) is 0 Å². The van der Waals surface area contributed by atoms with E-state index in [1.165, 1.54) is 7.11 Å². The van der Waals surface area contributed by atoms with Gasteiger partial charge in [0, 0.05) is 46.2 Å². The van der Waals surface area contributed by atoms with Crippen molar-refractivity contribution in [2.45, 2.75) is 24.8 Å². The number of anilines is 1. The van der Waals surface area contributed by atoms with Crippen molar-refractivity contribution >= 4 is 45.2 Å². The van der Waals surface area contributed by atoms with Gasteiger partial charge in [-0.3, -0.25) is 0 Å². The number of nitrogens with one attached hydrogen (secondary N) is 1. The van der Waals surface area contributed by atoms with E-state index in [0.717, 1.165) is 15.7 Å². The van der Waals surface area contributed by atoms with Gasteiger partial charge in [0.25, 0.3) is 0 Å². The average molecular weight is 517 g/mol. The predicted molar refractivity (Wildman–Crippen MR) is 128 cm³/mol. The Morgan fingerprint density at radius 1 is 1.16 bits per heavy atom. The van der Waals surface area contributed by atoms with Crippen LogP contribution in [0, 0.1) is 0 Å². The molecule has 2 amide bonds. The Morgan fingerprint density at radius 2 is 1.88 bits per heavy atom. The summed E-state index contributed by atoms with van der Waals surface area (Å²) in [6.07, 6.45) is 5.43. The van der Waals surface area contributed by atoms with Crippen LogP contribution in [0.15, 0.2) is 71.5 Å². The summed E-state index contributed by atoms with van der Waals surface area (Å²) in [6, 6.07) is 16.6. The molecule has 1 N–H and O–H groups in total. The monoisotopic (exact) mass is 515 g/mol.